The molecular weight excluding hydrogens is 344 g/mol. The van der Waals surface area contributed by atoms with E-state index in [2.05, 4.69) is 0 Å². The molecule has 3 rings (SSSR count). The number of ether oxygens (including phenoxy) is 2. The number of benzene rings is 2. The summed E-state index contributed by atoms with van der Waals surface area (Å²) in [6, 6.07) is 4.94. The first-order valence-electron chi connectivity index (χ1n) is 8.16. The van der Waals surface area contributed by atoms with E-state index < -0.39 is 34.5 Å². The lowest BCUT2D eigenvalue weighted by molar-refractivity contribution is 0.0800. The predicted octanol–water partition coefficient (Wildman–Crippen LogP) is 2.69. The number of hydrogen-bond acceptors (Lipinski definition) is 8. The molecule has 1 aliphatic rings. The van der Waals surface area contributed by atoms with E-state index in [9.17, 15) is 30.6 Å². The van der Waals surface area contributed by atoms with Crippen molar-refractivity contribution >= 4 is 0 Å². The van der Waals surface area contributed by atoms with Gasteiger partial charge in [-0.2, -0.15) is 0 Å². The Morgan fingerprint density at radius 1 is 0.538 bits per heavy atom. The maximum atomic E-state index is 9.51. The van der Waals surface area contributed by atoms with Crippen molar-refractivity contribution in [1.29, 1.82) is 0 Å². The normalized spacial score (nSPS) is 19.8. The van der Waals surface area contributed by atoms with Crippen LogP contribution in [0.2, 0.25) is 0 Å². The summed E-state index contributed by atoms with van der Waals surface area (Å²) in [5.41, 5.74) is 0. The number of rotatable bonds is 4. The van der Waals surface area contributed by atoms with Crippen molar-refractivity contribution in [2.75, 3.05) is 0 Å². The van der Waals surface area contributed by atoms with Crippen LogP contribution in [0, 0.1) is 0 Å². The second-order valence-electron chi connectivity index (χ2n) is 6.25. The summed E-state index contributed by atoms with van der Waals surface area (Å²) < 4.78 is 11.4. The molecule has 0 amide bonds. The molecule has 2 aromatic rings. The molecule has 6 N–H and O–H groups in total. The third kappa shape index (κ3) is 3.74. The third-order valence-electron chi connectivity index (χ3n) is 4.31. The minimum Gasteiger partial charge on any atom is -0.504 e. The van der Waals surface area contributed by atoms with Gasteiger partial charge in [0.25, 0.3) is 0 Å². The molecule has 8 nitrogen and oxygen atoms in total. The van der Waals surface area contributed by atoms with Crippen LogP contribution < -0.4 is 9.47 Å². The summed E-state index contributed by atoms with van der Waals surface area (Å²) >= 11 is 0. The van der Waals surface area contributed by atoms with Crippen LogP contribution in [0.1, 0.15) is 25.7 Å². The van der Waals surface area contributed by atoms with E-state index in [1.54, 1.807) is 0 Å². The van der Waals surface area contributed by atoms with E-state index in [4.69, 9.17) is 9.47 Å². The minimum absolute atomic E-state index is 0.139. The fourth-order valence-corrected chi connectivity index (χ4v) is 2.95. The molecule has 140 valence electrons. The van der Waals surface area contributed by atoms with Crippen molar-refractivity contribution < 1.29 is 40.1 Å². The highest BCUT2D eigenvalue weighted by Crippen LogP contribution is 2.41. The molecule has 0 heterocycles. The summed E-state index contributed by atoms with van der Waals surface area (Å²) in [5.74, 6) is -2.48. The zero-order chi connectivity index (χ0) is 18.8. The largest absolute Gasteiger partial charge is 0.504 e. The summed E-state index contributed by atoms with van der Waals surface area (Å²) in [5, 5.41) is 56.7. The Labute approximate surface area is 149 Å². The SMILES string of the molecule is Oc1cc(OC2CCC(Oc3cc(O)c(O)c(O)c3)CC2)cc(O)c1O. The topological polar surface area (TPSA) is 140 Å². The van der Waals surface area contributed by atoms with Crippen molar-refractivity contribution in [3.05, 3.63) is 24.3 Å². The Hall–Kier alpha value is -3.16. The Bertz CT molecular complexity index is 682. The summed E-state index contributed by atoms with van der Waals surface area (Å²) in [6.45, 7) is 0. The summed E-state index contributed by atoms with van der Waals surface area (Å²) in [4.78, 5) is 0. The number of hydrogen-bond donors (Lipinski definition) is 6. The summed E-state index contributed by atoms with van der Waals surface area (Å²) in [6.07, 6.45) is 2.35. The van der Waals surface area contributed by atoms with Gasteiger partial charge < -0.3 is 40.1 Å². The highest BCUT2D eigenvalue weighted by molar-refractivity contribution is 5.54. The first kappa shape index (κ1) is 17.7. The fourth-order valence-electron chi connectivity index (χ4n) is 2.95. The Morgan fingerprint density at radius 2 is 0.808 bits per heavy atom. The van der Waals surface area contributed by atoms with E-state index in [0.29, 0.717) is 25.7 Å². The molecule has 0 aromatic heterocycles. The molecule has 0 radical (unpaired) electrons. The van der Waals surface area contributed by atoms with Gasteiger partial charge in [0.2, 0.25) is 11.5 Å². The minimum atomic E-state index is -0.588. The van der Waals surface area contributed by atoms with Gasteiger partial charge in [-0.1, -0.05) is 0 Å². The van der Waals surface area contributed by atoms with E-state index in [0.717, 1.165) is 0 Å². The average Bonchev–Trinajstić information content (AvgIpc) is 2.59. The Kier molecular flexibility index (Phi) is 4.75. The van der Waals surface area contributed by atoms with Gasteiger partial charge in [-0.25, -0.2) is 0 Å². The van der Waals surface area contributed by atoms with Crippen LogP contribution in [-0.2, 0) is 0 Å². The number of aromatic hydroxyl groups is 6. The second kappa shape index (κ2) is 6.99. The molecule has 1 saturated carbocycles. The van der Waals surface area contributed by atoms with Crippen molar-refractivity contribution in [2.24, 2.45) is 0 Å². The third-order valence-corrected chi connectivity index (χ3v) is 4.31. The Morgan fingerprint density at radius 3 is 1.08 bits per heavy atom. The zero-order valence-corrected chi connectivity index (χ0v) is 13.8. The van der Waals surface area contributed by atoms with Crippen molar-refractivity contribution in [3.8, 4) is 46.0 Å². The lowest BCUT2D eigenvalue weighted by Crippen LogP contribution is -2.30. The number of phenols is 6. The van der Waals surface area contributed by atoms with Gasteiger partial charge in [-0.3, -0.25) is 0 Å². The maximum absolute atomic E-state index is 9.51. The lowest BCUT2D eigenvalue weighted by atomic mass is 9.95. The van der Waals surface area contributed by atoms with Gasteiger partial charge in [0.1, 0.15) is 11.5 Å². The molecule has 0 atom stereocenters. The molecule has 1 aliphatic carbocycles. The first-order chi connectivity index (χ1) is 12.3. The van der Waals surface area contributed by atoms with Gasteiger partial charge in [0, 0.05) is 24.3 Å². The fraction of sp³-hybridized carbons (Fsp3) is 0.333. The standard InChI is InChI=1S/C18H20O8/c19-13-5-11(6-14(20)17(13)23)25-9-1-2-10(4-3-9)26-12-7-15(21)18(24)16(22)8-12/h5-10,19-24H,1-4H2. The molecule has 8 heteroatoms. The molecule has 1 fully saturated rings. The molecule has 0 aliphatic heterocycles. The van der Waals surface area contributed by atoms with Crippen LogP contribution in [0.15, 0.2) is 24.3 Å². The smallest absolute Gasteiger partial charge is 0.200 e. The number of phenolic OH excluding ortho intramolecular Hbond substituents is 6. The first-order valence-corrected chi connectivity index (χ1v) is 8.16. The molecule has 26 heavy (non-hydrogen) atoms. The van der Waals surface area contributed by atoms with Gasteiger partial charge >= 0.3 is 0 Å². The quantitative estimate of drug-likeness (QED) is 0.455. The molecule has 2 aromatic carbocycles. The van der Waals surface area contributed by atoms with Crippen LogP contribution in [0.25, 0.3) is 0 Å². The lowest BCUT2D eigenvalue weighted by Gasteiger charge is -2.29. The van der Waals surface area contributed by atoms with Gasteiger partial charge in [0.15, 0.2) is 23.0 Å². The average molecular weight is 364 g/mol. The van der Waals surface area contributed by atoms with E-state index in [1.165, 1.54) is 24.3 Å². The van der Waals surface area contributed by atoms with Crippen LogP contribution in [-0.4, -0.2) is 42.8 Å². The molecule has 0 bridgehead atoms. The van der Waals surface area contributed by atoms with Crippen LogP contribution in [0.3, 0.4) is 0 Å². The van der Waals surface area contributed by atoms with E-state index in [-0.39, 0.29) is 23.7 Å². The highest BCUT2D eigenvalue weighted by Gasteiger charge is 2.25. The van der Waals surface area contributed by atoms with Crippen molar-refractivity contribution in [3.63, 3.8) is 0 Å². The zero-order valence-electron chi connectivity index (χ0n) is 13.8. The van der Waals surface area contributed by atoms with Gasteiger partial charge in [0.05, 0.1) is 12.2 Å². The van der Waals surface area contributed by atoms with Crippen LogP contribution in [0.4, 0.5) is 0 Å². The predicted molar refractivity (Wildman–Crippen MR) is 90.2 cm³/mol. The van der Waals surface area contributed by atoms with Gasteiger partial charge in [-0.05, 0) is 25.7 Å². The Balaban J connectivity index is 1.56. The second-order valence-corrected chi connectivity index (χ2v) is 6.25. The van der Waals surface area contributed by atoms with Crippen LogP contribution >= 0.6 is 0 Å². The van der Waals surface area contributed by atoms with E-state index in [1.807, 2.05) is 0 Å². The molecule has 0 spiro atoms. The van der Waals surface area contributed by atoms with E-state index >= 15 is 0 Å². The molecule has 0 saturated heterocycles. The van der Waals surface area contributed by atoms with Crippen molar-refractivity contribution in [1.82, 2.24) is 0 Å². The molecule has 0 unspecified atom stereocenters. The van der Waals surface area contributed by atoms with Crippen LogP contribution in [0.5, 0.6) is 46.0 Å². The summed E-state index contributed by atoms with van der Waals surface area (Å²) in [7, 11) is 0. The highest BCUT2D eigenvalue weighted by atomic mass is 16.5. The van der Waals surface area contributed by atoms with Crippen molar-refractivity contribution in [2.45, 2.75) is 37.9 Å². The van der Waals surface area contributed by atoms with Gasteiger partial charge in [-0.15, -0.1) is 0 Å². The monoisotopic (exact) mass is 364 g/mol. The molecular formula is C18H20O8. The maximum Gasteiger partial charge on any atom is 0.200 e.